The molecule has 0 aromatic rings. The second kappa shape index (κ2) is 7.09. The lowest BCUT2D eigenvalue weighted by Gasteiger charge is -2.36. The Hall–Kier alpha value is -1.63. The van der Waals surface area contributed by atoms with E-state index in [0.717, 1.165) is 25.7 Å². The maximum Gasteiger partial charge on any atom is 0.334 e. The Morgan fingerprint density at radius 1 is 1.23 bits per heavy atom. The Labute approximate surface area is 130 Å². The van der Waals surface area contributed by atoms with E-state index in [0.29, 0.717) is 6.54 Å². The quantitative estimate of drug-likeness (QED) is 0.782. The predicted octanol–water partition coefficient (Wildman–Crippen LogP) is 0.382. The van der Waals surface area contributed by atoms with Gasteiger partial charge in [-0.2, -0.15) is 0 Å². The van der Waals surface area contributed by atoms with Crippen molar-refractivity contribution in [1.29, 1.82) is 0 Å². The molecular formula is C15H24N2O5. The molecule has 0 aromatic heterocycles. The minimum absolute atomic E-state index is 0.00521. The van der Waals surface area contributed by atoms with E-state index in [4.69, 9.17) is 9.84 Å². The fourth-order valence-electron chi connectivity index (χ4n) is 3.12. The molecule has 1 aliphatic heterocycles. The van der Waals surface area contributed by atoms with Gasteiger partial charge in [-0.15, -0.1) is 0 Å². The molecule has 0 spiro atoms. The van der Waals surface area contributed by atoms with Gasteiger partial charge in [0.1, 0.15) is 6.04 Å². The monoisotopic (exact) mass is 312 g/mol. The van der Waals surface area contributed by atoms with Crippen LogP contribution in [0.1, 0.15) is 39.5 Å². The molecule has 2 aliphatic rings. The van der Waals surface area contributed by atoms with Crippen LogP contribution in [0.15, 0.2) is 0 Å². The molecule has 2 rings (SSSR count). The van der Waals surface area contributed by atoms with E-state index < -0.39 is 18.1 Å². The summed E-state index contributed by atoms with van der Waals surface area (Å²) in [4.78, 5) is 37.0. The van der Waals surface area contributed by atoms with Crippen molar-refractivity contribution < 1.29 is 24.2 Å². The fourth-order valence-corrected chi connectivity index (χ4v) is 3.12. The summed E-state index contributed by atoms with van der Waals surface area (Å²) in [5.74, 6) is -1.40. The van der Waals surface area contributed by atoms with Crippen molar-refractivity contribution in [2.24, 2.45) is 5.92 Å². The minimum Gasteiger partial charge on any atom is -0.479 e. The number of morpholine rings is 1. The molecule has 7 heteroatoms. The molecule has 0 radical (unpaired) electrons. The first-order chi connectivity index (χ1) is 10.4. The van der Waals surface area contributed by atoms with Gasteiger partial charge in [-0.05, 0) is 26.7 Å². The second-order valence-electron chi connectivity index (χ2n) is 6.23. The van der Waals surface area contributed by atoms with Crippen molar-refractivity contribution >= 4 is 17.8 Å². The number of hydrogen-bond acceptors (Lipinski definition) is 4. The van der Waals surface area contributed by atoms with Crippen LogP contribution >= 0.6 is 0 Å². The zero-order chi connectivity index (χ0) is 16.3. The van der Waals surface area contributed by atoms with Crippen molar-refractivity contribution in [2.75, 3.05) is 13.1 Å². The fraction of sp³-hybridized carbons (Fsp3) is 0.800. The first-order valence-corrected chi connectivity index (χ1v) is 7.86. The number of carbonyl (C=O) groups excluding carboxylic acids is 2. The normalized spacial score (nSPS) is 27.5. The van der Waals surface area contributed by atoms with Gasteiger partial charge in [-0.25, -0.2) is 4.79 Å². The lowest BCUT2D eigenvalue weighted by atomic mass is 10.1. The van der Waals surface area contributed by atoms with Gasteiger partial charge in [0.2, 0.25) is 11.8 Å². The van der Waals surface area contributed by atoms with Crippen LogP contribution in [-0.4, -0.2) is 59.1 Å². The van der Waals surface area contributed by atoms with Crippen molar-refractivity contribution in [1.82, 2.24) is 10.2 Å². The molecular weight excluding hydrogens is 288 g/mol. The molecule has 3 atom stereocenters. The van der Waals surface area contributed by atoms with Gasteiger partial charge in [0.25, 0.3) is 0 Å². The van der Waals surface area contributed by atoms with E-state index in [1.807, 2.05) is 0 Å². The summed E-state index contributed by atoms with van der Waals surface area (Å²) < 4.78 is 5.29. The van der Waals surface area contributed by atoms with E-state index in [9.17, 15) is 14.4 Å². The molecule has 2 fully saturated rings. The number of nitrogens with one attached hydrogen (secondary N) is 1. The van der Waals surface area contributed by atoms with Crippen molar-refractivity contribution in [3.63, 3.8) is 0 Å². The average Bonchev–Trinajstić information content (AvgIpc) is 2.99. The van der Waals surface area contributed by atoms with E-state index >= 15 is 0 Å². The molecule has 2 unspecified atom stereocenters. The van der Waals surface area contributed by atoms with Gasteiger partial charge in [0.15, 0.2) is 6.10 Å². The number of rotatable bonds is 4. The highest BCUT2D eigenvalue weighted by Crippen LogP contribution is 2.24. The van der Waals surface area contributed by atoms with Gasteiger partial charge in [-0.1, -0.05) is 12.8 Å². The van der Waals surface area contributed by atoms with Crippen LogP contribution in [-0.2, 0) is 19.1 Å². The molecule has 2 N–H and O–H groups in total. The molecule has 2 amide bonds. The Morgan fingerprint density at radius 2 is 1.86 bits per heavy atom. The lowest BCUT2D eigenvalue weighted by molar-refractivity contribution is -0.167. The minimum atomic E-state index is -1.08. The molecule has 1 saturated heterocycles. The number of carbonyl (C=O) groups is 3. The van der Waals surface area contributed by atoms with Gasteiger partial charge in [0.05, 0.1) is 12.6 Å². The summed E-state index contributed by atoms with van der Waals surface area (Å²) in [7, 11) is 0. The van der Waals surface area contributed by atoms with Crippen molar-refractivity contribution in [3.8, 4) is 0 Å². The van der Waals surface area contributed by atoms with Crippen LogP contribution < -0.4 is 5.32 Å². The highest BCUT2D eigenvalue weighted by atomic mass is 16.5. The van der Waals surface area contributed by atoms with Crippen LogP contribution in [0.25, 0.3) is 0 Å². The van der Waals surface area contributed by atoms with Crippen LogP contribution in [0.3, 0.4) is 0 Å². The summed E-state index contributed by atoms with van der Waals surface area (Å²) in [6, 6.07) is -0.646. The van der Waals surface area contributed by atoms with Gasteiger partial charge < -0.3 is 20.1 Å². The largest absolute Gasteiger partial charge is 0.479 e. The summed E-state index contributed by atoms with van der Waals surface area (Å²) >= 11 is 0. The summed E-state index contributed by atoms with van der Waals surface area (Å²) in [5.41, 5.74) is 0. The van der Waals surface area contributed by atoms with Crippen LogP contribution in [0, 0.1) is 5.92 Å². The topological polar surface area (TPSA) is 95.9 Å². The van der Waals surface area contributed by atoms with E-state index in [-0.39, 0.29) is 30.4 Å². The zero-order valence-corrected chi connectivity index (χ0v) is 13.1. The lowest BCUT2D eigenvalue weighted by Crippen LogP contribution is -2.56. The predicted molar refractivity (Wildman–Crippen MR) is 78.1 cm³/mol. The molecule has 1 aliphatic carbocycles. The summed E-state index contributed by atoms with van der Waals surface area (Å²) in [6.07, 6.45) is 2.52. The molecule has 1 saturated carbocycles. The number of aliphatic carboxylic acids is 1. The Morgan fingerprint density at radius 3 is 2.45 bits per heavy atom. The zero-order valence-electron chi connectivity index (χ0n) is 13.1. The summed E-state index contributed by atoms with van der Waals surface area (Å²) in [6.45, 7) is 3.73. The molecule has 0 aromatic carbocycles. The highest BCUT2D eigenvalue weighted by molar-refractivity contribution is 5.88. The smallest absolute Gasteiger partial charge is 0.334 e. The number of ether oxygens (including phenoxy) is 1. The van der Waals surface area contributed by atoms with Crippen LogP contribution in [0.5, 0.6) is 0 Å². The molecule has 22 heavy (non-hydrogen) atoms. The second-order valence-corrected chi connectivity index (χ2v) is 6.23. The van der Waals surface area contributed by atoms with E-state index in [2.05, 4.69) is 5.32 Å². The maximum atomic E-state index is 12.4. The number of carboxylic acid groups (broad SMARTS) is 1. The van der Waals surface area contributed by atoms with Crippen LogP contribution in [0.4, 0.5) is 0 Å². The van der Waals surface area contributed by atoms with Crippen molar-refractivity contribution in [2.45, 2.75) is 57.8 Å². The van der Waals surface area contributed by atoms with E-state index in [1.54, 1.807) is 13.8 Å². The summed E-state index contributed by atoms with van der Waals surface area (Å²) in [5, 5.41) is 11.8. The van der Waals surface area contributed by atoms with Crippen molar-refractivity contribution in [3.05, 3.63) is 0 Å². The molecule has 0 bridgehead atoms. The van der Waals surface area contributed by atoms with Gasteiger partial charge in [-0.3, -0.25) is 9.59 Å². The van der Waals surface area contributed by atoms with Gasteiger partial charge >= 0.3 is 5.97 Å². The molecule has 124 valence electrons. The number of carboxylic acids is 1. The average molecular weight is 312 g/mol. The Kier molecular flexibility index (Phi) is 5.39. The first kappa shape index (κ1) is 16.7. The number of amides is 2. The highest BCUT2D eigenvalue weighted by Gasteiger charge is 2.35. The number of hydrogen-bond donors (Lipinski definition) is 2. The third-order valence-electron chi connectivity index (χ3n) is 4.30. The number of nitrogens with zero attached hydrogens (tertiary/aromatic N) is 1. The van der Waals surface area contributed by atoms with E-state index in [1.165, 1.54) is 4.90 Å². The third-order valence-corrected chi connectivity index (χ3v) is 4.30. The SMILES string of the molecule is CC(NC(=O)C1CCCC1)C(=O)N1CC(C(=O)O)O[C@H](C)C1. The Balaban J connectivity index is 1.91. The van der Waals surface area contributed by atoms with Gasteiger partial charge in [0, 0.05) is 12.5 Å². The molecule has 1 heterocycles. The first-order valence-electron chi connectivity index (χ1n) is 7.86. The van der Waals surface area contributed by atoms with Crippen LogP contribution in [0.2, 0.25) is 0 Å². The Bertz CT molecular complexity index is 447. The maximum absolute atomic E-state index is 12.4. The standard InChI is InChI=1S/C15H24N2O5/c1-9-7-17(8-12(22-9)15(20)21)14(19)10(2)16-13(18)11-5-3-4-6-11/h9-12H,3-8H2,1-2H3,(H,16,18)(H,20,21)/t9-,10?,12?/m1/s1. The molecule has 7 nitrogen and oxygen atoms in total. The third kappa shape index (κ3) is 3.97.